The van der Waals surface area contributed by atoms with Crippen molar-refractivity contribution in [2.75, 3.05) is 11.5 Å². The highest BCUT2D eigenvalue weighted by molar-refractivity contribution is 5.43. The number of aryl methyl sites for hydroxylation is 4. The molecule has 4 aromatic rings. The van der Waals surface area contributed by atoms with E-state index in [1.807, 2.05) is 24.3 Å². The molecule has 0 aliphatic heterocycles. The molecule has 4 N–H and O–H groups in total. The summed E-state index contributed by atoms with van der Waals surface area (Å²) >= 11 is 0. The fourth-order valence-corrected chi connectivity index (χ4v) is 6.33. The first kappa shape index (κ1) is 32.4. The van der Waals surface area contributed by atoms with Crippen LogP contribution in [0.15, 0.2) is 84.9 Å². The smallest absolute Gasteiger partial charge is 0.0314 e. The minimum atomic E-state index is 0.833. The Bertz CT molecular complexity index is 1260. The topological polar surface area (TPSA) is 52.0 Å². The number of anilines is 2. The molecule has 228 valence electrons. The molecule has 0 fully saturated rings. The molecule has 0 spiro atoms. The van der Waals surface area contributed by atoms with E-state index in [9.17, 15) is 0 Å². The molecule has 43 heavy (non-hydrogen) atoms. The third kappa shape index (κ3) is 10.9. The zero-order valence-corrected chi connectivity index (χ0v) is 26.8. The van der Waals surface area contributed by atoms with Crippen molar-refractivity contribution < 1.29 is 0 Å². The summed E-state index contributed by atoms with van der Waals surface area (Å²) in [6.45, 7) is 4.58. The van der Waals surface area contributed by atoms with Crippen molar-refractivity contribution in [2.45, 2.75) is 110 Å². The van der Waals surface area contributed by atoms with E-state index in [2.05, 4.69) is 74.5 Å². The Hall–Kier alpha value is -3.52. The molecule has 0 aromatic heterocycles. The van der Waals surface area contributed by atoms with Crippen molar-refractivity contribution in [1.82, 2.24) is 0 Å². The summed E-state index contributed by atoms with van der Waals surface area (Å²) in [7, 11) is 0. The van der Waals surface area contributed by atoms with E-state index in [1.165, 1.54) is 106 Å². The summed E-state index contributed by atoms with van der Waals surface area (Å²) in [6, 6.07) is 31.0. The molecular formula is C41H54N2. The van der Waals surface area contributed by atoms with Crippen LogP contribution in [-0.2, 0) is 38.5 Å². The van der Waals surface area contributed by atoms with Crippen LogP contribution in [0.1, 0.15) is 116 Å². The molecule has 2 nitrogen and oxygen atoms in total. The fraction of sp³-hybridized carbons (Fsp3) is 0.415. The minimum Gasteiger partial charge on any atom is -0.399 e. The van der Waals surface area contributed by atoms with Crippen LogP contribution in [0.3, 0.4) is 0 Å². The van der Waals surface area contributed by atoms with E-state index in [4.69, 9.17) is 11.5 Å². The fourth-order valence-electron chi connectivity index (χ4n) is 6.33. The molecule has 0 bridgehead atoms. The van der Waals surface area contributed by atoms with Gasteiger partial charge in [0.1, 0.15) is 0 Å². The summed E-state index contributed by atoms with van der Waals surface area (Å²) < 4.78 is 0. The first-order valence-corrected chi connectivity index (χ1v) is 16.9. The predicted molar refractivity (Wildman–Crippen MR) is 188 cm³/mol. The number of nitrogen functional groups attached to an aromatic ring is 2. The van der Waals surface area contributed by atoms with Gasteiger partial charge >= 0.3 is 0 Å². The second kappa shape index (κ2) is 17.6. The Balaban J connectivity index is 1.14. The lowest BCUT2D eigenvalue weighted by atomic mass is 9.93. The van der Waals surface area contributed by atoms with Gasteiger partial charge in [0.15, 0.2) is 0 Å². The number of rotatable bonds is 18. The van der Waals surface area contributed by atoms with Gasteiger partial charge < -0.3 is 11.5 Å². The molecule has 0 aliphatic carbocycles. The normalized spacial score (nSPS) is 11.2. The summed E-state index contributed by atoms with van der Waals surface area (Å²) in [5, 5.41) is 0. The van der Waals surface area contributed by atoms with Gasteiger partial charge in [-0.15, -0.1) is 0 Å². The van der Waals surface area contributed by atoms with E-state index in [0.29, 0.717) is 0 Å². The molecule has 0 radical (unpaired) electrons. The van der Waals surface area contributed by atoms with Gasteiger partial charge in [0.05, 0.1) is 0 Å². The van der Waals surface area contributed by atoms with Crippen LogP contribution in [0.2, 0.25) is 0 Å². The number of unbranched alkanes of at least 4 members (excludes halogenated alkanes) is 6. The number of nitrogens with two attached hydrogens (primary N) is 2. The predicted octanol–water partition coefficient (Wildman–Crippen LogP) is 10.5. The van der Waals surface area contributed by atoms with Crippen molar-refractivity contribution in [3.8, 4) is 0 Å². The van der Waals surface area contributed by atoms with Crippen LogP contribution in [0.4, 0.5) is 11.4 Å². The lowest BCUT2D eigenvalue weighted by Crippen LogP contribution is -1.98. The molecule has 0 amide bonds. The van der Waals surface area contributed by atoms with Gasteiger partial charge in [-0.25, -0.2) is 0 Å². The van der Waals surface area contributed by atoms with Crippen LogP contribution in [0.25, 0.3) is 0 Å². The molecule has 2 heteroatoms. The van der Waals surface area contributed by atoms with E-state index >= 15 is 0 Å². The second-order valence-electron chi connectivity index (χ2n) is 12.5. The third-order valence-electron chi connectivity index (χ3n) is 8.75. The standard InChI is InChI=1S/C41H54N2/c1-3-12-38-30-34(28-32-18-24-40(42)25-19-32)16-22-36(38)14-10-8-6-5-7-9-11-15-37-23-17-35(31-39(37)13-4-2)29-33-20-26-41(43)27-21-33/h16-27,30-31H,3-15,28-29,42-43H2,1-2H3. The number of benzene rings is 4. The third-order valence-corrected chi connectivity index (χ3v) is 8.75. The van der Waals surface area contributed by atoms with E-state index < -0.39 is 0 Å². The second-order valence-corrected chi connectivity index (χ2v) is 12.5. The van der Waals surface area contributed by atoms with Crippen molar-refractivity contribution in [3.05, 3.63) is 129 Å². The van der Waals surface area contributed by atoms with Crippen LogP contribution < -0.4 is 11.5 Å². The maximum atomic E-state index is 5.86. The minimum absolute atomic E-state index is 0.833. The Morgan fingerprint density at radius 3 is 1.09 bits per heavy atom. The molecule has 4 rings (SSSR count). The van der Waals surface area contributed by atoms with Crippen LogP contribution in [0.5, 0.6) is 0 Å². The zero-order valence-electron chi connectivity index (χ0n) is 26.8. The number of hydrogen-bond acceptors (Lipinski definition) is 2. The maximum absolute atomic E-state index is 5.86. The zero-order chi connectivity index (χ0) is 30.3. The maximum Gasteiger partial charge on any atom is 0.0314 e. The van der Waals surface area contributed by atoms with E-state index in [0.717, 1.165) is 24.2 Å². The summed E-state index contributed by atoms with van der Waals surface area (Å²) in [4.78, 5) is 0. The quantitative estimate of drug-likeness (QED) is 0.0917. The molecule has 0 heterocycles. The largest absolute Gasteiger partial charge is 0.399 e. The van der Waals surface area contributed by atoms with Gasteiger partial charge in [-0.05, 0) is 120 Å². The molecule has 0 aliphatic rings. The molecule has 0 saturated carbocycles. The molecule has 0 atom stereocenters. The molecule has 0 saturated heterocycles. The lowest BCUT2D eigenvalue weighted by Gasteiger charge is -2.13. The molecular weight excluding hydrogens is 520 g/mol. The van der Waals surface area contributed by atoms with Gasteiger partial charge in [0.2, 0.25) is 0 Å². The highest BCUT2D eigenvalue weighted by atomic mass is 14.5. The number of hydrogen-bond donors (Lipinski definition) is 2. The molecule has 4 aromatic carbocycles. The Morgan fingerprint density at radius 2 is 0.721 bits per heavy atom. The van der Waals surface area contributed by atoms with Gasteiger partial charge in [0, 0.05) is 11.4 Å². The van der Waals surface area contributed by atoms with Gasteiger partial charge in [0.25, 0.3) is 0 Å². The van der Waals surface area contributed by atoms with Crippen molar-refractivity contribution >= 4 is 11.4 Å². The average Bonchev–Trinajstić information content (AvgIpc) is 3.01. The van der Waals surface area contributed by atoms with Crippen molar-refractivity contribution in [3.63, 3.8) is 0 Å². The summed E-state index contributed by atoms with van der Waals surface area (Å²) in [6.07, 6.45) is 18.5. The van der Waals surface area contributed by atoms with Crippen LogP contribution >= 0.6 is 0 Å². The first-order chi connectivity index (χ1) is 21.0. The highest BCUT2D eigenvalue weighted by Gasteiger charge is 2.07. The van der Waals surface area contributed by atoms with E-state index in [-0.39, 0.29) is 0 Å². The Kier molecular flexibility index (Phi) is 13.2. The van der Waals surface area contributed by atoms with Gasteiger partial charge in [-0.2, -0.15) is 0 Å². The van der Waals surface area contributed by atoms with Crippen molar-refractivity contribution in [2.24, 2.45) is 0 Å². The summed E-state index contributed by atoms with van der Waals surface area (Å²) in [5.74, 6) is 0. The highest BCUT2D eigenvalue weighted by Crippen LogP contribution is 2.22. The average molecular weight is 575 g/mol. The first-order valence-electron chi connectivity index (χ1n) is 16.9. The summed E-state index contributed by atoms with van der Waals surface area (Å²) in [5.41, 5.74) is 25.1. The van der Waals surface area contributed by atoms with Crippen LogP contribution in [0, 0.1) is 0 Å². The van der Waals surface area contributed by atoms with E-state index in [1.54, 1.807) is 22.3 Å². The lowest BCUT2D eigenvalue weighted by molar-refractivity contribution is 0.577. The van der Waals surface area contributed by atoms with Crippen LogP contribution in [-0.4, -0.2) is 0 Å². The van der Waals surface area contributed by atoms with Gasteiger partial charge in [-0.1, -0.05) is 119 Å². The van der Waals surface area contributed by atoms with Crippen molar-refractivity contribution in [1.29, 1.82) is 0 Å². The SMILES string of the molecule is CCCc1cc(Cc2ccc(N)cc2)ccc1CCCCCCCCCc1ccc(Cc2ccc(N)cc2)cc1CCC. The Morgan fingerprint density at radius 1 is 0.372 bits per heavy atom. The van der Waals surface area contributed by atoms with Gasteiger partial charge in [-0.3, -0.25) is 0 Å². The Labute approximate surface area is 261 Å². The monoisotopic (exact) mass is 574 g/mol. The molecule has 0 unspecified atom stereocenters.